The SMILES string of the molecule is COC(=O)[C@H]1CC[C@@H](Nc2cc(CO[Si](C(C)C)(C(C)C)C(C)C)ccc2[N+](=O)[O-])CC1. The maximum Gasteiger partial charge on any atom is 0.308 e. The van der Waals surface area contributed by atoms with Crippen molar-refractivity contribution in [1.29, 1.82) is 0 Å². The van der Waals surface area contributed by atoms with E-state index in [0.29, 0.717) is 28.9 Å². The third kappa shape index (κ3) is 5.89. The Balaban J connectivity index is 2.18. The topological polar surface area (TPSA) is 90.7 Å². The molecular weight excluding hydrogens is 424 g/mol. The summed E-state index contributed by atoms with van der Waals surface area (Å²) in [4.78, 5) is 23.0. The van der Waals surface area contributed by atoms with Crippen molar-refractivity contribution < 1.29 is 18.9 Å². The zero-order chi connectivity index (χ0) is 24.1. The molecule has 32 heavy (non-hydrogen) atoms. The van der Waals surface area contributed by atoms with Gasteiger partial charge >= 0.3 is 5.97 Å². The van der Waals surface area contributed by atoms with Crippen LogP contribution in [0.3, 0.4) is 0 Å². The maximum absolute atomic E-state index is 11.8. The summed E-state index contributed by atoms with van der Waals surface area (Å²) in [5, 5.41) is 15.0. The van der Waals surface area contributed by atoms with Crippen LogP contribution in [-0.4, -0.2) is 32.4 Å². The predicted octanol–water partition coefficient (Wildman–Crippen LogP) is 6.43. The summed E-state index contributed by atoms with van der Waals surface area (Å²) in [7, 11) is -0.610. The summed E-state index contributed by atoms with van der Waals surface area (Å²) >= 11 is 0. The van der Waals surface area contributed by atoms with Crippen molar-refractivity contribution in [2.45, 2.75) is 96.5 Å². The zero-order valence-electron chi connectivity index (χ0n) is 20.6. The van der Waals surface area contributed by atoms with E-state index in [-0.39, 0.29) is 28.5 Å². The fourth-order valence-electron chi connectivity index (χ4n) is 5.52. The van der Waals surface area contributed by atoms with Crippen molar-refractivity contribution in [2.75, 3.05) is 12.4 Å². The van der Waals surface area contributed by atoms with Crippen LogP contribution in [0.5, 0.6) is 0 Å². The van der Waals surface area contributed by atoms with Gasteiger partial charge in [0.25, 0.3) is 5.69 Å². The first-order valence-electron chi connectivity index (χ1n) is 11.8. The number of nitro benzene ring substituents is 1. The quantitative estimate of drug-likeness (QED) is 0.186. The number of methoxy groups -OCH3 is 1. The summed E-state index contributed by atoms with van der Waals surface area (Å²) in [6.07, 6.45) is 3.02. The monoisotopic (exact) mass is 464 g/mol. The van der Waals surface area contributed by atoms with Crippen molar-refractivity contribution in [1.82, 2.24) is 0 Å². The second-order valence-corrected chi connectivity index (χ2v) is 15.4. The molecule has 0 aliphatic heterocycles. The molecule has 1 aromatic carbocycles. The standard InChI is InChI=1S/C24H40N2O5Si/c1-16(2)32(17(3)4,18(5)6)31-15-19-8-13-23(26(28)29)22(14-19)25-21-11-9-20(10-12-21)24(27)30-7/h8,13-14,16-18,20-21,25H,9-12,15H2,1-7H3/t20-,21+. The third-order valence-corrected chi connectivity index (χ3v) is 13.1. The Labute approximate surface area is 193 Å². The average molecular weight is 465 g/mol. The molecule has 0 unspecified atom stereocenters. The van der Waals surface area contributed by atoms with E-state index in [1.165, 1.54) is 7.11 Å². The maximum atomic E-state index is 11.8. The van der Waals surface area contributed by atoms with E-state index in [1.807, 2.05) is 6.07 Å². The van der Waals surface area contributed by atoms with E-state index >= 15 is 0 Å². The average Bonchev–Trinajstić information content (AvgIpc) is 2.73. The minimum absolute atomic E-state index is 0.0731. The molecule has 1 aliphatic rings. The second-order valence-electron chi connectivity index (χ2n) is 9.93. The number of nitrogens with zero attached hydrogens (tertiary/aromatic N) is 1. The van der Waals surface area contributed by atoms with Crippen molar-refractivity contribution in [2.24, 2.45) is 5.92 Å². The number of hydrogen-bond donors (Lipinski definition) is 1. The number of carbonyl (C=O) groups is 1. The first kappa shape index (κ1) is 26.3. The van der Waals surface area contributed by atoms with Crippen molar-refractivity contribution in [3.8, 4) is 0 Å². The zero-order valence-corrected chi connectivity index (χ0v) is 21.6. The Morgan fingerprint density at radius 1 is 1.09 bits per heavy atom. The van der Waals surface area contributed by atoms with E-state index < -0.39 is 8.32 Å². The summed E-state index contributed by atoms with van der Waals surface area (Å²) in [6.45, 7) is 14.0. The highest BCUT2D eigenvalue weighted by atomic mass is 28.4. The van der Waals surface area contributed by atoms with Crippen LogP contribution in [0.2, 0.25) is 16.6 Å². The molecule has 2 rings (SSSR count). The lowest BCUT2D eigenvalue weighted by molar-refractivity contribution is -0.384. The van der Waals surface area contributed by atoms with Crippen molar-refractivity contribution in [3.05, 3.63) is 33.9 Å². The number of anilines is 1. The van der Waals surface area contributed by atoms with E-state index in [9.17, 15) is 14.9 Å². The van der Waals surface area contributed by atoms with E-state index in [0.717, 1.165) is 31.2 Å². The predicted molar refractivity (Wildman–Crippen MR) is 130 cm³/mol. The van der Waals surface area contributed by atoms with Crippen LogP contribution in [0.15, 0.2) is 18.2 Å². The highest BCUT2D eigenvalue weighted by molar-refractivity contribution is 6.77. The number of nitro groups is 1. The molecule has 0 saturated heterocycles. The molecule has 0 amide bonds. The van der Waals surface area contributed by atoms with Gasteiger partial charge in [-0.05, 0) is 60.0 Å². The summed E-state index contributed by atoms with van der Waals surface area (Å²) in [5.41, 5.74) is 2.97. The lowest BCUT2D eigenvalue weighted by atomic mass is 9.86. The van der Waals surface area contributed by atoms with Gasteiger partial charge in [-0.15, -0.1) is 0 Å². The van der Waals surface area contributed by atoms with Gasteiger partial charge < -0.3 is 14.5 Å². The Morgan fingerprint density at radius 3 is 2.12 bits per heavy atom. The molecule has 7 nitrogen and oxygen atoms in total. The fraction of sp³-hybridized carbons (Fsp3) is 0.708. The Bertz CT molecular complexity index is 767. The number of carbonyl (C=O) groups excluding carboxylic acids is 1. The van der Waals surface area contributed by atoms with Crippen LogP contribution >= 0.6 is 0 Å². The number of esters is 1. The molecule has 0 atom stereocenters. The van der Waals surface area contributed by atoms with Gasteiger partial charge in [0.2, 0.25) is 8.32 Å². The number of rotatable bonds is 10. The van der Waals surface area contributed by atoms with Crippen LogP contribution in [0, 0.1) is 16.0 Å². The Kier molecular flexibility index (Phi) is 9.27. The molecule has 180 valence electrons. The molecule has 0 aromatic heterocycles. The Hall–Kier alpha value is -1.93. The summed E-state index contributed by atoms with van der Waals surface area (Å²) in [6, 6.07) is 5.34. The highest BCUT2D eigenvalue weighted by Gasteiger charge is 2.45. The summed E-state index contributed by atoms with van der Waals surface area (Å²) < 4.78 is 11.5. The first-order chi connectivity index (χ1) is 15.0. The number of hydrogen-bond acceptors (Lipinski definition) is 6. The number of nitrogens with one attached hydrogen (secondary N) is 1. The normalized spacial score (nSPS) is 19.4. The van der Waals surface area contributed by atoms with Crippen LogP contribution in [-0.2, 0) is 20.6 Å². The smallest absolute Gasteiger partial charge is 0.308 e. The Morgan fingerprint density at radius 2 is 1.66 bits per heavy atom. The molecule has 0 heterocycles. The molecule has 1 saturated carbocycles. The third-order valence-electron chi connectivity index (χ3n) is 7.07. The first-order valence-corrected chi connectivity index (χ1v) is 13.9. The largest absolute Gasteiger partial charge is 0.469 e. The molecule has 0 bridgehead atoms. The second kappa shape index (κ2) is 11.3. The number of benzene rings is 1. The van der Waals surface area contributed by atoms with Gasteiger partial charge in [-0.3, -0.25) is 14.9 Å². The minimum Gasteiger partial charge on any atom is -0.469 e. The van der Waals surface area contributed by atoms with Gasteiger partial charge in [-0.25, -0.2) is 0 Å². The van der Waals surface area contributed by atoms with Crippen molar-refractivity contribution >= 4 is 25.7 Å². The molecule has 0 radical (unpaired) electrons. The van der Waals surface area contributed by atoms with Gasteiger partial charge in [0.05, 0.1) is 24.6 Å². The molecule has 1 fully saturated rings. The van der Waals surface area contributed by atoms with E-state index in [2.05, 4.69) is 46.9 Å². The lowest BCUT2D eigenvalue weighted by Gasteiger charge is -2.42. The van der Waals surface area contributed by atoms with Gasteiger partial charge in [0, 0.05) is 12.1 Å². The van der Waals surface area contributed by atoms with E-state index in [1.54, 1.807) is 12.1 Å². The molecule has 8 heteroatoms. The van der Waals surface area contributed by atoms with Crippen molar-refractivity contribution in [3.63, 3.8) is 0 Å². The number of ether oxygens (including phenoxy) is 1. The van der Waals surface area contributed by atoms with Gasteiger partial charge in [0.15, 0.2) is 0 Å². The van der Waals surface area contributed by atoms with Gasteiger partial charge in [-0.1, -0.05) is 41.5 Å². The molecule has 0 spiro atoms. The van der Waals surface area contributed by atoms with Crippen LogP contribution in [0.1, 0.15) is 72.8 Å². The molecule has 1 aromatic rings. The van der Waals surface area contributed by atoms with Gasteiger partial charge in [0.1, 0.15) is 5.69 Å². The molecule has 1 N–H and O–H groups in total. The summed E-state index contributed by atoms with van der Waals surface area (Å²) in [5.74, 6) is -0.240. The van der Waals surface area contributed by atoms with E-state index in [4.69, 9.17) is 9.16 Å². The molecular formula is C24H40N2O5Si. The van der Waals surface area contributed by atoms with Gasteiger partial charge in [-0.2, -0.15) is 0 Å². The van der Waals surface area contributed by atoms with Crippen LogP contribution in [0.25, 0.3) is 0 Å². The lowest BCUT2D eigenvalue weighted by Crippen LogP contribution is -2.47. The molecule has 1 aliphatic carbocycles. The minimum atomic E-state index is -2.03. The fourth-order valence-corrected chi connectivity index (χ4v) is 10.9. The highest BCUT2D eigenvalue weighted by Crippen LogP contribution is 2.43. The van der Waals surface area contributed by atoms with Crippen LogP contribution < -0.4 is 5.32 Å². The van der Waals surface area contributed by atoms with Crippen LogP contribution in [0.4, 0.5) is 11.4 Å².